The van der Waals surface area contributed by atoms with Crippen LogP contribution in [0.25, 0.3) is 0 Å². The number of nitrogens with one attached hydrogen (secondary N) is 1. The number of carbonyl (C=O) groups excluding carboxylic acids is 4. The summed E-state index contributed by atoms with van der Waals surface area (Å²) < 4.78 is 8.51. The van der Waals surface area contributed by atoms with Gasteiger partial charge in [0.05, 0.1) is 11.1 Å². The van der Waals surface area contributed by atoms with E-state index in [0.29, 0.717) is 24.0 Å². The van der Waals surface area contributed by atoms with Gasteiger partial charge < -0.3 is 10.1 Å². The standard InChI is InChI=1S/C25H24I4N2O5/c1-11(2)9-15(25(35)36-10-16(32)30-14-8-6-5-7-13(14)12(3)4)31-23(33)17-18(24(31)34)20(27)22(29)21(28)19(17)26/h5-8,11-12,15H,9-10H2,1-4H3,(H,30,32)/t15-/m1/s1. The molecule has 36 heavy (non-hydrogen) atoms. The van der Waals surface area contributed by atoms with Crippen LogP contribution in [0.4, 0.5) is 5.69 Å². The monoisotopic (exact) mass is 940 g/mol. The van der Waals surface area contributed by atoms with Crippen molar-refractivity contribution in [2.24, 2.45) is 5.92 Å². The van der Waals surface area contributed by atoms with Crippen molar-refractivity contribution >= 4 is 120 Å². The average Bonchev–Trinajstić information content (AvgIpc) is 3.08. The van der Waals surface area contributed by atoms with Gasteiger partial charge in [0.25, 0.3) is 17.7 Å². The lowest BCUT2D eigenvalue weighted by atomic mass is 10.0. The Kier molecular flexibility index (Phi) is 10.4. The van der Waals surface area contributed by atoms with E-state index in [4.69, 9.17) is 4.74 Å². The predicted octanol–water partition coefficient (Wildman–Crippen LogP) is 6.42. The summed E-state index contributed by atoms with van der Waals surface area (Å²) >= 11 is 8.47. The Labute approximate surface area is 264 Å². The van der Waals surface area contributed by atoms with Gasteiger partial charge in [0.15, 0.2) is 6.61 Å². The molecule has 1 aliphatic heterocycles. The Morgan fingerprint density at radius 2 is 1.42 bits per heavy atom. The number of para-hydroxylation sites is 1. The van der Waals surface area contributed by atoms with Gasteiger partial charge in [0.1, 0.15) is 6.04 Å². The van der Waals surface area contributed by atoms with E-state index < -0.39 is 36.3 Å². The SMILES string of the molecule is CC(C)C[C@H](C(=O)OCC(=O)Nc1ccccc1C(C)C)N1C(=O)c2c(I)c(I)c(I)c(I)c2C1=O. The number of hydrogen-bond acceptors (Lipinski definition) is 5. The summed E-state index contributed by atoms with van der Waals surface area (Å²) in [4.78, 5) is 53.7. The fourth-order valence-electron chi connectivity index (χ4n) is 3.94. The topological polar surface area (TPSA) is 92.8 Å². The fourth-order valence-corrected chi connectivity index (χ4v) is 7.59. The quantitative estimate of drug-likeness (QED) is 0.109. The third-order valence-corrected chi connectivity index (χ3v) is 13.0. The van der Waals surface area contributed by atoms with Crippen molar-refractivity contribution in [3.8, 4) is 0 Å². The Morgan fingerprint density at radius 3 is 1.92 bits per heavy atom. The molecule has 2 aromatic rings. The van der Waals surface area contributed by atoms with Crippen LogP contribution in [-0.4, -0.2) is 41.2 Å². The molecule has 0 aliphatic carbocycles. The molecule has 0 saturated heterocycles. The maximum absolute atomic E-state index is 13.5. The number of carbonyl (C=O) groups is 4. The molecular weight excluding hydrogens is 916 g/mol. The number of hydrogen-bond donors (Lipinski definition) is 1. The fraction of sp³-hybridized carbons (Fsp3) is 0.360. The molecule has 1 atom stereocenters. The second-order valence-electron chi connectivity index (χ2n) is 9.03. The van der Waals surface area contributed by atoms with Crippen molar-refractivity contribution in [3.63, 3.8) is 0 Å². The molecule has 0 spiro atoms. The molecule has 1 aliphatic rings. The maximum Gasteiger partial charge on any atom is 0.329 e. The van der Waals surface area contributed by atoms with Crippen LogP contribution in [0.1, 0.15) is 66.3 Å². The highest BCUT2D eigenvalue weighted by molar-refractivity contribution is 14.1. The van der Waals surface area contributed by atoms with Gasteiger partial charge in [-0.2, -0.15) is 0 Å². The number of fused-ring (bicyclic) bond motifs is 1. The van der Waals surface area contributed by atoms with Crippen LogP contribution < -0.4 is 5.32 Å². The summed E-state index contributed by atoms with van der Waals surface area (Å²) in [6.45, 7) is 7.32. The maximum atomic E-state index is 13.5. The van der Waals surface area contributed by atoms with Crippen LogP contribution in [-0.2, 0) is 14.3 Å². The van der Waals surface area contributed by atoms with Crippen molar-refractivity contribution in [1.29, 1.82) is 0 Å². The van der Waals surface area contributed by atoms with E-state index >= 15 is 0 Å². The largest absolute Gasteiger partial charge is 0.454 e. The number of ether oxygens (including phenoxy) is 1. The summed E-state index contributed by atoms with van der Waals surface area (Å²) in [5.41, 5.74) is 2.26. The molecule has 3 amide bonds. The van der Waals surface area contributed by atoms with E-state index in [1.165, 1.54) is 0 Å². The van der Waals surface area contributed by atoms with E-state index in [-0.39, 0.29) is 18.3 Å². The second-order valence-corrected chi connectivity index (χ2v) is 13.3. The first-order valence-electron chi connectivity index (χ1n) is 11.2. The molecular formula is C25H24I4N2O5. The van der Waals surface area contributed by atoms with E-state index in [1.807, 2.05) is 45.9 Å². The van der Waals surface area contributed by atoms with E-state index in [1.54, 1.807) is 6.07 Å². The zero-order chi connectivity index (χ0) is 26.9. The molecule has 0 bridgehead atoms. The van der Waals surface area contributed by atoms with Crippen molar-refractivity contribution in [3.05, 3.63) is 55.2 Å². The highest BCUT2D eigenvalue weighted by Gasteiger charge is 2.47. The summed E-state index contributed by atoms with van der Waals surface area (Å²) in [6, 6.07) is 6.31. The molecule has 0 radical (unpaired) electrons. The summed E-state index contributed by atoms with van der Waals surface area (Å²) in [5.74, 6) is -2.09. The summed E-state index contributed by atoms with van der Waals surface area (Å²) in [7, 11) is 0. The molecule has 3 rings (SSSR count). The Morgan fingerprint density at radius 1 is 0.889 bits per heavy atom. The lowest BCUT2D eigenvalue weighted by Gasteiger charge is -2.26. The van der Waals surface area contributed by atoms with Crippen LogP contribution >= 0.6 is 90.4 Å². The van der Waals surface area contributed by atoms with Crippen LogP contribution in [0.5, 0.6) is 0 Å². The molecule has 2 aromatic carbocycles. The minimum atomic E-state index is -1.13. The molecule has 0 aromatic heterocycles. The highest BCUT2D eigenvalue weighted by Crippen LogP contribution is 2.39. The van der Waals surface area contributed by atoms with Crippen LogP contribution in [0.15, 0.2) is 24.3 Å². The van der Waals surface area contributed by atoms with E-state index in [9.17, 15) is 19.2 Å². The molecule has 11 heteroatoms. The number of imide groups is 1. The average molecular weight is 940 g/mol. The Balaban J connectivity index is 1.82. The summed E-state index contributed by atoms with van der Waals surface area (Å²) in [6.07, 6.45) is 0.226. The number of halogens is 4. The molecule has 7 nitrogen and oxygen atoms in total. The lowest BCUT2D eigenvalue weighted by Crippen LogP contribution is -2.47. The number of benzene rings is 2. The van der Waals surface area contributed by atoms with Gasteiger partial charge in [-0.15, -0.1) is 0 Å². The Bertz CT molecular complexity index is 1200. The third-order valence-electron chi connectivity index (χ3n) is 5.61. The van der Waals surface area contributed by atoms with E-state index in [0.717, 1.165) is 17.6 Å². The van der Waals surface area contributed by atoms with Gasteiger partial charge in [0, 0.05) is 20.0 Å². The van der Waals surface area contributed by atoms with Gasteiger partial charge in [0.2, 0.25) is 0 Å². The van der Waals surface area contributed by atoms with Gasteiger partial charge in [-0.05, 0) is 120 Å². The minimum Gasteiger partial charge on any atom is -0.454 e. The third kappa shape index (κ3) is 6.18. The normalized spacial score (nSPS) is 13.9. The molecule has 0 unspecified atom stereocenters. The zero-order valence-corrected chi connectivity index (χ0v) is 28.6. The summed E-state index contributed by atoms with van der Waals surface area (Å²) in [5, 5.41) is 2.79. The van der Waals surface area contributed by atoms with Crippen molar-refractivity contribution < 1.29 is 23.9 Å². The zero-order valence-electron chi connectivity index (χ0n) is 20.0. The van der Waals surface area contributed by atoms with Crippen LogP contribution in [0.3, 0.4) is 0 Å². The number of rotatable bonds is 8. The second kappa shape index (κ2) is 12.5. The molecule has 1 heterocycles. The first kappa shape index (κ1) is 30.0. The number of nitrogens with zero attached hydrogens (tertiary/aromatic N) is 1. The minimum absolute atomic E-state index is 0.00276. The first-order chi connectivity index (χ1) is 16.9. The molecule has 1 N–H and O–H groups in total. The lowest BCUT2D eigenvalue weighted by molar-refractivity contribution is -0.151. The number of esters is 1. The van der Waals surface area contributed by atoms with Crippen molar-refractivity contribution in [1.82, 2.24) is 4.90 Å². The van der Waals surface area contributed by atoms with Gasteiger partial charge in [-0.3, -0.25) is 19.3 Å². The molecule has 0 saturated carbocycles. The first-order valence-corrected chi connectivity index (χ1v) is 15.5. The predicted molar refractivity (Wildman–Crippen MR) is 171 cm³/mol. The van der Waals surface area contributed by atoms with Crippen LogP contribution in [0, 0.1) is 20.2 Å². The van der Waals surface area contributed by atoms with Crippen molar-refractivity contribution in [2.75, 3.05) is 11.9 Å². The van der Waals surface area contributed by atoms with Crippen molar-refractivity contribution in [2.45, 2.75) is 46.1 Å². The number of anilines is 1. The Hall–Kier alpha value is -0.560. The van der Waals surface area contributed by atoms with Gasteiger partial charge in [-0.25, -0.2) is 4.79 Å². The smallest absolute Gasteiger partial charge is 0.329 e. The highest BCUT2D eigenvalue weighted by atomic mass is 127. The molecule has 0 fully saturated rings. The van der Waals surface area contributed by atoms with E-state index in [2.05, 4.69) is 95.7 Å². The number of amides is 3. The van der Waals surface area contributed by atoms with Gasteiger partial charge in [-0.1, -0.05) is 45.9 Å². The van der Waals surface area contributed by atoms with Crippen LogP contribution in [0.2, 0.25) is 0 Å². The van der Waals surface area contributed by atoms with Gasteiger partial charge >= 0.3 is 5.97 Å². The molecule has 192 valence electrons.